The highest BCUT2D eigenvalue weighted by Gasteiger charge is 2.10. The number of anilines is 1. The second-order valence-corrected chi connectivity index (χ2v) is 3.06. The van der Waals surface area contributed by atoms with Crippen LogP contribution in [0.4, 0.5) is 10.8 Å². The number of urea groups is 1. The lowest BCUT2D eigenvalue weighted by Gasteiger charge is -1.97. The Bertz CT molecular complexity index is 522. The van der Waals surface area contributed by atoms with Gasteiger partial charge in [-0.15, -0.1) is 5.10 Å². The summed E-state index contributed by atoms with van der Waals surface area (Å²) in [5.74, 6) is 5.23. The molecule has 5 N–H and O–H groups in total. The van der Waals surface area contributed by atoms with E-state index in [1.165, 1.54) is 12.1 Å². The Morgan fingerprint density at radius 1 is 1.29 bits per heavy atom. The quantitative estimate of drug-likeness (QED) is 0.340. The number of nitrogens with two attached hydrogens (primary N) is 1. The average molecular weight is 235 g/mol. The summed E-state index contributed by atoms with van der Waals surface area (Å²) >= 11 is 0. The van der Waals surface area contributed by atoms with Gasteiger partial charge in [0, 0.05) is 5.56 Å². The summed E-state index contributed by atoms with van der Waals surface area (Å²) in [6.07, 6.45) is 0. The summed E-state index contributed by atoms with van der Waals surface area (Å²) < 4.78 is 5.15. The number of carbonyl (C=O) groups is 1. The minimum atomic E-state index is -0.661. The molecule has 2 amide bonds. The Kier molecular flexibility index (Phi) is 2.88. The molecule has 0 aliphatic carbocycles. The maximum absolute atomic E-state index is 10.9. The van der Waals surface area contributed by atoms with E-state index in [4.69, 9.17) is 15.4 Å². The smallest absolute Gasteiger partial charge is 0.336 e. The van der Waals surface area contributed by atoms with Crippen molar-refractivity contribution in [3.8, 4) is 17.2 Å². The molecule has 1 aromatic heterocycles. The number of aromatic nitrogens is 2. The van der Waals surface area contributed by atoms with Crippen LogP contribution in [0.3, 0.4) is 0 Å². The molecule has 0 fully saturated rings. The van der Waals surface area contributed by atoms with Crippen molar-refractivity contribution in [2.24, 2.45) is 5.84 Å². The first-order valence-corrected chi connectivity index (χ1v) is 4.59. The topological polar surface area (TPSA) is 126 Å². The van der Waals surface area contributed by atoms with E-state index in [2.05, 4.69) is 15.5 Å². The molecule has 8 heteroatoms. The predicted octanol–water partition coefficient (Wildman–Crippen LogP) is 0.437. The molecule has 2 rings (SSSR count). The fraction of sp³-hybridized carbons (Fsp3) is 0. The largest absolute Gasteiger partial charge is 0.508 e. The van der Waals surface area contributed by atoms with E-state index in [-0.39, 0.29) is 17.7 Å². The normalized spacial score (nSPS) is 9.94. The lowest BCUT2D eigenvalue weighted by atomic mass is 10.2. The van der Waals surface area contributed by atoms with E-state index in [0.29, 0.717) is 5.56 Å². The molecule has 0 saturated heterocycles. The maximum Gasteiger partial charge on any atom is 0.336 e. The van der Waals surface area contributed by atoms with Gasteiger partial charge in [-0.1, -0.05) is 5.10 Å². The number of hydrazine groups is 1. The summed E-state index contributed by atoms with van der Waals surface area (Å²) in [5.41, 5.74) is 2.48. The molecule has 8 nitrogen and oxygen atoms in total. The van der Waals surface area contributed by atoms with Crippen LogP contribution in [0.5, 0.6) is 5.75 Å². The fourth-order valence-electron chi connectivity index (χ4n) is 1.13. The van der Waals surface area contributed by atoms with E-state index in [0.717, 1.165) is 0 Å². The number of hydrogen-bond donors (Lipinski definition) is 4. The SMILES string of the molecule is NNC(=O)Nc1nnc(-c2ccc(O)cc2)o1. The number of nitrogens with zero attached hydrogens (tertiary/aromatic N) is 2. The zero-order valence-corrected chi connectivity index (χ0v) is 8.54. The first kappa shape index (κ1) is 10.9. The number of amides is 2. The van der Waals surface area contributed by atoms with Crippen LogP contribution in [0.25, 0.3) is 11.5 Å². The van der Waals surface area contributed by atoms with E-state index >= 15 is 0 Å². The number of carbonyl (C=O) groups excluding carboxylic acids is 1. The Labute approximate surface area is 95.4 Å². The highest BCUT2D eigenvalue weighted by atomic mass is 16.4. The van der Waals surface area contributed by atoms with Crippen molar-refractivity contribution < 1.29 is 14.3 Å². The van der Waals surface area contributed by atoms with Crippen LogP contribution in [-0.2, 0) is 0 Å². The van der Waals surface area contributed by atoms with Gasteiger partial charge in [-0.2, -0.15) is 0 Å². The highest BCUT2D eigenvalue weighted by molar-refractivity contribution is 5.86. The summed E-state index contributed by atoms with van der Waals surface area (Å²) in [5, 5.41) is 18.7. The number of phenols is 1. The van der Waals surface area contributed by atoms with Gasteiger partial charge in [0.05, 0.1) is 0 Å². The van der Waals surface area contributed by atoms with Gasteiger partial charge in [-0.25, -0.2) is 10.6 Å². The van der Waals surface area contributed by atoms with Gasteiger partial charge >= 0.3 is 12.0 Å². The van der Waals surface area contributed by atoms with Crippen molar-refractivity contribution in [2.75, 3.05) is 5.32 Å². The minimum absolute atomic E-state index is 0.0731. The highest BCUT2D eigenvalue weighted by Crippen LogP contribution is 2.21. The summed E-state index contributed by atoms with van der Waals surface area (Å²) in [4.78, 5) is 10.9. The van der Waals surface area contributed by atoms with Crippen molar-refractivity contribution >= 4 is 12.0 Å². The molecule has 0 aliphatic rings. The van der Waals surface area contributed by atoms with E-state index in [1.807, 2.05) is 5.43 Å². The molecule has 1 heterocycles. The minimum Gasteiger partial charge on any atom is -0.508 e. The standard InChI is InChI=1S/C9H9N5O3/c10-12-8(16)11-9-14-13-7(17-9)5-1-3-6(15)4-2-5/h1-4,15H,10H2,(H2,11,12,14,16). The predicted molar refractivity (Wildman–Crippen MR) is 57.7 cm³/mol. The molecule has 0 spiro atoms. The fourth-order valence-corrected chi connectivity index (χ4v) is 1.13. The van der Waals surface area contributed by atoms with Crippen LogP contribution < -0.4 is 16.6 Å². The average Bonchev–Trinajstić information content (AvgIpc) is 2.78. The molecule has 0 atom stereocenters. The second-order valence-electron chi connectivity index (χ2n) is 3.06. The second kappa shape index (κ2) is 4.49. The van der Waals surface area contributed by atoms with Gasteiger partial charge in [-0.05, 0) is 24.3 Å². The molecular weight excluding hydrogens is 226 g/mol. The third-order valence-electron chi connectivity index (χ3n) is 1.89. The first-order valence-electron chi connectivity index (χ1n) is 4.59. The molecule has 0 radical (unpaired) electrons. The Hall–Kier alpha value is -2.61. The lowest BCUT2D eigenvalue weighted by molar-refractivity contribution is 0.251. The van der Waals surface area contributed by atoms with Crippen LogP contribution in [0.15, 0.2) is 28.7 Å². The number of hydrogen-bond acceptors (Lipinski definition) is 6. The number of aromatic hydroxyl groups is 1. The van der Waals surface area contributed by atoms with Crippen LogP contribution in [0.2, 0.25) is 0 Å². The molecule has 17 heavy (non-hydrogen) atoms. The first-order chi connectivity index (χ1) is 8.19. The van der Waals surface area contributed by atoms with Crippen LogP contribution in [0.1, 0.15) is 0 Å². The summed E-state index contributed by atoms with van der Waals surface area (Å²) in [6, 6.07) is 5.45. The number of nitrogens with one attached hydrogen (secondary N) is 2. The van der Waals surface area contributed by atoms with Gasteiger partial charge in [0.2, 0.25) is 5.89 Å². The molecular formula is C9H9N5O3. The molecule has 0 bridgehead atoms. The van der Waals surface area contributed by atoms with Crippen molar-refractivity contribution in [3.63, 3.8) is 0 Å². The lowest BCUT2D eigenvalue weighted by Crippen LogP contribution is -2.34. The van der Waals surface area contributed by atoms with Crippen LogP contribution in [-0.4, -0.2) is 21.3 Å². The van der Waals surface area contributed by atoms with E-state index in [9.17, 15) is 4.79 Å². The zero-order valence-electron chi connectivity index (χ0n) is 8.54. The van der Waals surface area contributed by atoms with E-state index < -0.39 is 6.03 Å². The molecule has 1 aromatic carbocycles. The molecule has 0 unspecified atom stereocenters. The Morgan fingerprint density at radius 3 is 2.65 bits per heavy atom. The van der Waals surface area contributed by atoms with Crippen molar-refractivity contribution in [3.05, 3.63) is 24.3 Å². The molecule has 2 aromatic rings. The van der Waals surface area contributed by atoms with Crippen LogP contribution >= 0.6 is 0 Å². The Balaban J connectivity index is 2.18. The number of benzene rings is 1. The van der Waals surface area contributed by atoms with E-state index in [1.54, 1.807) is 12.1 Å². The Morgan fingerprint density at radius 2 is 2.00 bits per heavy atom. The zero-order chi connectivity index (χ0) is 12.3. The molecule has 0 aliphatic heterocycles. The van der Waals surface area contributed by atoms with Crippen molar-refractivity contribution in [1.29, 1.82) is 0 Å². The van der Waals surface area contributed by atoms with Gasteiger partial charge in [-0.3, -0.25) is 10.7 Å². The molecule has 88 valence electrons. The summed E-state index contributed by atoms with van der Waals surface area (Å²) in [6.45, 7) is 0. The number of rotatable bonds is 2. The van der Waals surface area contributed by atoms with Gasteiger partial charge < -0.3 is 9.52 Å². The van der Waals surface area contributed by atoms with Crippen LogP contribution in [0, 0.1) is 0 Å². The van der Waals surface area contributed by atoms with Gasteiger partial charge in [0.1, 0.15) is 5.75 Å². The summed E-state index contributed by atoms with van der Waals surface area (Å²) in [7, 11) is 0. The maximum atomic E-state index is 10.9. The van der Waals surface area contributed by atoms with Crippen molar-refractivity contribution in [1.82, 2.24) is 15.6 Å². The number of phenolic OH excluding ortho intramolecular Hbond substituents is 1. The van der Waals surface area contributed by atoms with Gasteiger partial charge in [0.15, 0.2) is 0 Å². The molecule has 0 saturated carbocycles. The third-order valence-corrected chi connectivity index (χ3v) is 1.89. The van der Waals surface area contributed by atoms with Crippen molar-refractivity contribution in [2.45, 2.75) is 0 Å². The third kappa shape index (κ3) is 2.49. The monoisotopic (exact) mass is 235 g/mol. The van der Waals surface area contributed by atoms with Gasteiger partial charge in [0.25, 0.3) is 0 Å².